The monoisotopic (exact) mass is 735 g/mol. The lowest BCUT2D eigenvalue weighted by Gasteiger charge is -2.47. The van der Waals surface area contributed by atoms with Crippen molar-refractivity contribution in [2.75, 3.05) is 68.4 Å². The van der Waals surface area contributed by atoms with Crippen molar-refractivity contribution < 1.29 is 33.3 Å². The summed E-state index contributed by atoms with van der Waals surface area (Å²) in [6.07, 6.45) is 0.854. The molecule has 1 fully saturated rings. The number of hydrogen-bond donors (Lipinski definition) is 1. The minimum absolute atomic E-state index is 0.152. The first-order valence-electron chi connectivity index (χ1n) is 16.6. The van der Waals surface area contributed by atoms with Crippen LogP contribution < -0.4 is 38.8 Å². The van der Waals surface area contributed by atoms with Crippen molar-refractivity contribution in [2.45, 2.75) is 31.4 Å². The highest BCUT2D eigenvalue weighted by Gasteiger charge is 2.51. The Labute approximate surface area is 309 Å². The Kier molecular flexibility index (Phi) is 13.2. The number of carbonyl (C=O) groups excluding carboxylic acids is 2. The number of benzene rings is 4. The molecule has 0 radical (unpaired) electrons. The van der Waals surface area contributed by atoms with Gasteiger partial charge in [0.05, 0.1) is 39.8 Å². The van der Waals surface area contributed by atoms with Gasteiger partial charge in [0.15, 0.2) is 11.5 Å². The zero-order valence-corrected chi connectivity index (χ0v) is 30.7. The number of carbonyl (C=O) groups is 2. The predicted molar refractivity (Wildman–Crippen MR) is 202 cm³/mol. The number of nitrogens with zero attached hydrogens (tertiary/aromatic N) is 2. The topological polar surface area (TPSA) is 98.8 Å². The summed E-state index contributed by atoms with van der Waals surface area (Å²) in [5.41, 5.74) is 3.96. The number of methoxy groups -OCH3 is 4. The first-order chi connectivity index (χ1) is 24.8. The highest BCUT2D eigenvalue weighted by atomic mass is 35.5. The molecule has 0 unspecified atom stereocenters. The molecule has 4 aromatic carbocycles. The maximum atomic E-state index is 13.8. The number of ether oxygens (including phenoxy) is 5. The van der Waals surface area contributed by atoms with Gasteiger partial charge in [-0.25, -0.2) is 0 Å². The van der Waals surface area contributed by atoms with Gasteiger partial charge in [0.25, 0.3) is 5.91 Å². The Morgan fingerprint density at radius 1 is 0.804 bits per heavy atom. The predicted octanol–water partition coefficient (Wildman–Crippen LogP) is 7.50. The molecule has 2 amide bonds. The Bertz CT molecular complexity index is 1740. The fraction of sp³-hybridized carbons (Fsp3) is 0.333. The van der Waals surface area contributed by atoms with Crippen LogP contribution in [0, 0.1) is 0 Å². The van der Waals surface area contributed by atoms with Gasteiger partial charge in [0.1, 0.15) is 17.5 Å². The van der Waals surface area contributed by atoms with Crippen molar-refractivity contribution in [3.63, 3.8) is 0 Å². The van der Waals surface area contributed by atoms with E-state index in [9.17, 15) is 9.59 Å². The van der Waals surface area contributed by atoms with Crippen LogP contribution in [-0.4, -0.2) is 71.2 Å². The maximum Gasteiger partial charge on any atom is 0.271 e. The summed E-state index contributed by atoms with van der Waals surface area (Å²) in [5.74, 6) is 2.91. The second-order valence-corrected chi connectivity index (χ2v) is 12.5. The van der Waals surface area contributed by atoms with Crippen molar-refractivity contribution in [3.8, 4) is 28.7 Å². The molecule has 1 saturated heterocycles. The van der Waals surface area contributed by atoms with Gasteiger partial charge >= 0.3 is 0 Å². The number of anilines is 3. The largest absolute Gasteiger partial charge is 0.495 e. The van der Waals surface area contributed by atoms with E-state index in [0.29, 0.717) is 64.7 Å². The molecule has 10 nitrogen and oxygen atoms in total. The number of β-lactam (4-membered cyclic amide) rings is 1. The molecule has 0 bridgehead atoms. The standard InChI is InChI=1S/C39H43Cl2N3O7/c1-47-32-18-15-27(23-31(32)42-35(45)12-8-9-26-13-16-28(17-14-26)43(21-19-40)22-20-41)36-38(51-30-10-6-5-7-11-30)39(46)44(36)29-24-33(48-2)37(50-4)34(25-29)49-3/h5-7,10-11,13-18,23-25,36,38H,8-9,12,19-22H2,1-4H3,(H,42,45)/t36-,38+/m1/s1. The number of rotatable bonds is 18. The summed E-state index contributed by atoms with van der Waals surface area (Å²) in [4.78, 5) is 30.8. The van der Waals surface area contributed by atoms with E-state index in [1.807, 2.05) is 30.3 Å². The summed E-state index contributed by atoms with van der Waals surface area (Å²) < 4.78 is 28.5. The SMILES string of the molecule is COc1ccc([C@@H]2[C@H](Oc3ccccc3)C(=O)N2c2cc(OC)c(OC)c(OC)c2)cc1NC(=O)CCCc1ccc(N(CCCl)CCCl)cc1. The van der Waals surface area contributed by atoms with Crippen molar-refractivity contribution in [1.29, 1.82) is 0 Å². The average Bonchev–Trinajstić information content (AvgIpc) is 3.15. The van der Waals surface area contributed by atoms with Crippen LogP contribution in [0.2, 0.25) is 0 Å². The quantitative estimate of drug-likeness (QED) is 0.0829. The molecule has 12 heteroatoms. The summed E-state index contributed by atoms with van der Waals surface area (Å²) in [6, 6.07) is 25.8. The molecule has 0 aromatic heterocycles. The van der Waals surface area contributed by atoms with Gasteiger partial charge in [-0.3, -0.25) is 14.5 Å². The van der Waals surface area contributed by atoms with Crippen LogP contribution in [0.1, 0.15) is 30.0 Å². The van der Waals surface area contributed by atoms with E-state index >= 15 is 0 Å². The second-order valence-electron chi connectivity index (χ2n) is 11.8. The van der Waals surface area contributed by atoms with Crippen LogP contribution in [-0.2, 0) is 16.0 Å². The molecule has 51 heavy (non-hydrogen) atoms. The summed E-state index contributed by atoms with van der Waals surface area (Å²) in [6.45, 7) is 1.44. The van der Waals surface area contributed by atoms with E-state index in [0.717, 1.165) is 36.3 Å². The lowest BCUT2D eigenvalue weighted by Crippen LogP contribution is -2.61. The van der Waals surface area contributed by atoms with E-state index in [1.165, 1.54) is 21.3 Å². The molecule has 1 aliphatic heterocycles. The molecule has 0 spiro atoms. The van der Waals surface area contributed by atoms with Crippen LogP contribution in [0.4, 0.5) is 17.1 Å². The molecular weight excluding hydrogens is 693 g/mol. The number of aryl methyl sites for hydroxylation is 1. The van der Waals surface area contributed by atoms with Crippen LogP contribution >= 0.6 is 23.2 Å². The number of halogens is 2. The van der Waals surface area contributed by atoms with Crippen molar-refractivity contribution in [1.82, 2.24) is 0 Å². The van der Waals surface area contributed by atoms with Crippen LogP contribution in [0.3, 0.4) is 0 Å². The lowest BCUT2D eigenvalue weighted by molar-refractivity contribution is -0.135. The Balaban J connectivity index is 1.35. The molecule has 5 rings (SSSR count). The van der Waals surface area contributed by atoms with E-state index in [4.69, 9.17) is 46.9 Å². The zero-order chi connectivity index (χ0) is 36.3. The minimum Gasteiger partial charge on any atom is -0.495 e. The molecular formula is C39H43Cl2N3O7. The Morgan fingerprint density at radius 3 is 2.04 bits per heavy atom. The molecule has 2 atom stereocenters. The Morgan fingerprint density at radius 2 is 1.45 bits per heavy atom. The highest BCUT2D eigenvalue weighted by molar-refractivity contribution is 6.18. The number of para-hydroxylation sites is 1. The fourth-order valence-electron chi connectivity index (χ4n) is 6.16. The van der Waals surface area contributed by atoms with Gasteiger partial charge in [0.2, 0.25) is 17.8 Å². The molecule has 270 valence electrons. The Hall–Kier alpha value is -4.80. The first kappa shape index (κ1) is 37.5. The molecule has 1 aliphatic rings. The fourth-order valence-corrected chi connectivity index (χ4v) is 6.57. The normalized spacial score (nSPS) is 15.1. The van der Waals surface area contributed by atoms with E-state index < -0.39 is 12.1 Å². The van der Waals surface area contributed by atoms with Crippen LogP contribution in [0.25, 0.3) is 0 Å². The number of nitrogens with one attached hydrogen (secondary N) is 1. The van der Waals surface area contributed by atoms with E-state index in [1.54, 1.807) is 42.3 Å². The van der Waals surface area contributed by atoms with Crippen molar-refractivity contribution >= 4 is 52.1 Å². The average molecular weight is 737 g/mol. The smallest absolute Gasteiger partial charge is 0.271 e. The van der Waals surface area contributed by atoms with Gasteiger partial charge in [-0.15, -0.1) is 23.2 Å². The van der Waals surface area contributed by atoms with E-state index in [2.05, 4.69) is 34.5 Å². The van der Waals surface area contributed by atoms with Gasteiger partial charge in [-0.1, -0.05) is 36.4 Å². The number of alkyl halides is 2. The number of hydrogen-bond acceptors (Lipinski definition) is 8. The molecule has 0 aliphatic carbocycles. The van der Waals surface area contributed by atoms with E-state index in [-0.39, 0.29) is 11.8 Å². The van der Waals surface area contributed by atoms with Gasteiger partial charge in [-0.2, -0.15) is 0 Å². The zero-order valence-electron chi connectivity index (χ0n) is 29.2. The highest BCUT2D eigenvalue weighted by Crippen LogP contribution is 2.48. The third kappa shape index (κ3) is 8.75. The summed E-state index contributed by atoms with van der Waals surface area (Å²) >= 11 is 11.9. The van der Waals surface area contributed by atoms with Crippen LogP contribution in [0.15, 0.2) is 84.9 Å². The summed E-state index contributed by atoms with van der Waals surface area (Å²) in [7, 11) is 6.11. The van der Waals surface area contributed by atoms with Gasteiger partial charge < -0.3 is 33.9 Å². The van der Waals surface area contributed by atoms with Gasteiger partial charge in [-0.05, 0) is 60.4 Å². The second kappa shape index (κ2) is 17.9. The molecule has 0 saturated carbocycles. The molecule has 1 heterocycles. The lowest BCUT2D eigenvalue weighted by atomic mass is 9.89. The number of amides is 2. The first-order valence-corrected chi connectivity index (χ1v) is 17.7. The molecule has 4 aromatic rings. The maximum absolute atomic E-state index is 13.8. The van der Waals surface area contributed by atoms with Crippen molar-refractivity contribution in [2.24, 2.45) is 0 Å². The molecule has 1 N–H and O–H groups in total. The van der Waals surface area contributed by atoms with Gasteiger partial charge in [0, 0.05) is 49.1 Å². The third-order valence-electron chi connectivity index (χ3n) is 8.70. The summed E-state index contributed by atoms with van der Waals surface area (Å²) in [5, 5.41) is 3.03. The van der Waals surface area contributed by atoms with Crippen molar-refractivity contribution in [3.05, 3.63) is 96.1 Å². The minimum atomic E-state index is -0.841. The van der Waals surface area contributed by atoms with Crippen LogP contribution in [0.5, 0.6) is 28.7 Å². The third-order valence-corrected chi connectivity index (χ3v) is 9.04.